The predicted octanol–water partition coefficient (Wildman–Crippen LogP) is 8.20. The number of hydrogen-bond acceptors (Lipinski definition) is 9. The van der Waals surface area contributed by atoms with Crippen molar-refractivity contribution in [3.05, 3.63) is 83.1 Å². The van der Waals surface area contributed by atoms with Crippen LogP contribution < -0.4 is 10.1 Å². The number of pyridine rings is 1. The molecule has 0 fully saturated rings. The number of Topliss-reactive ketones (excluding diaryl/α,β-unsaturated/α-hetero) is 1. The van der Waals surface area contributed by atoms with Crippen molar-refractivity contribution in [3.8, 4) is 34.5 Å². The first-order chi connectivity index (χ1) is 23.8. The van der Waals surface area contributed by atoms with Crippen LogP contribution in [0, 0.1) is 17.1 Å². The molecule has 268 valence electrons. The molecule has 4 aromatic rings. The van der Waals surface area contributed by atoms with Gasteiger partial charge in [-0.25, -0.2) is 18.0 Å². The molecule has 0 bridgehead atoms. The molecular weight excluding hydrogens is 663 g/mol. The van der Waals surface area contributed by atoms with Gasteiger partial charge >= 0.3 is 6.09 Å². The van der Waals surface area contributed by atoms with Crippen LogP contribution >= 0.6 is 0 Å². The molecule has 0 radical (unpaired) electrons. The minimum Gasteiger partial charge on any atom is -0.459 e. The fourth-order valence-corrected chi connectivity index (χ4v) is 5.95. The van der Waals surface area contributed by atoms with Gasteiger partial charge in [0.15, 0.2) is 5.78 Å². The van der Waals surface area contributed by atoms with Crippen LogP contribution in [0.25, 0.3) is 22.7 Å². The number of ether oxygens (including phenoxy) is 2. The summed E-state index contributed by atoms with van der Waals surface area (Å²) < 4.78 is 62.1. The van der Waals surface area contributed by atoms with Gasteiger partial charge in [-0.3, -0.25) is 9.78 Å². The second-order valence-corrected chi connectivity index (χ2v) is 14.5. The van der Waals surface area contributed by atoms with Crippen LogP contribution in [-0.4, -0.2) is 45.1 Å². The molecule has 0 saturated carbocycles. The van der Waals surface area contributed by atoms with E-state index in [0.717, 1.165) is 17.2 Å². The minimum atomic E-state index is -2.27. The van der Waals surface area contributed by atoms with Crippen molar-refractivity contribution in [1.82, 2.24) is 20.5 Å². The number of hydrogen-bond donors (Lipinski definition) is 1. The van der Waals surface area contributed by atoms with Gasteiger partial charge in [-0.15, -0.1) is 10.2 Å². The number of carbonyl (C=O) groups is 2. The van der Waals surface area contributed by atoms with Crippen LogP contribution in [-0.2, 0) is 27.0 Å². The van der Waals surface area contributed by atoms with Gasteiger partial charge in [-0.2, -0.15) is 5.26 Å². The zero-order valence-electron chi connectivity index (χ0n) is 29.5. The molecule has 0 spiro atoms. The fourth-order valence-electron chi connectivity index (χ4n) is 5.95. The highest BCUT2D eigenvalue weighted by Gasteiger charge is 2.42. The van der Waals surface area contributed by atoms with E-state index in [9.17, 15) is 19.2 Å². The lowest BCUT2D eigenvalue weighted by Crippen LogP contribution is -2.47. The molecule has 1 amide bonds. The molecule has 51 heavy (non-hydrogen) atoms. The molecule has 10 nitrogen and oxygen atoms in total. The zero-order chi connectivity index (χ0) is 37.3. The van der Waals surface area contributed by atoms with Gasteiger partial charge < -0.3 is 19.2 Å². The lowest BCUT2D eigenvalue weighted by Gasteiger charge is -2.34. The Hall–Kier alpha value is -5.25. The van der Waals surface area contributed by atoms with E-state index in [1.165, 1.54) is 26.1 Å². The molecule has 2 heterocycles. The van der Waals surface area contributed by atoms with E-state index in [1.54, 1.807) is 46.8 Å². The van der Waals surface area contributed by atoms with Crippen LogP contribution in [0.2, 0.25) is 0 Å². The average Bonchev–Trinajstić information content (AvgIpc) is 3.54. The largest absolute Gasteiger partial charge is 0.459 e. The highest BCUT2D eigenvalue weighted by Crippen LogP contribution is 2.44. The minimum absolute atomic E-state index is 0.0139. The second-order valence-electron chi connectivity index (χ2n) is 14.5. The Kier molecular flexibility index (Phi) is 10.3. The quantitative estimate of drug-likeness (QED) is 0.192. The first-order valence-corrected chi connectivity index (χ1v) is 16.5. The first-order valence-electron chi connectivity index (χ1n) is 16.5. The number of aromatic nitrogens is 3. The number of nitrogens with zero attached hydrogens (tertiary/aromatic N) is 4. The van der Waals surface area contributed by atoms with Crippen LogP contribution in [0.4, 0.5) is 18.0 Å². The van der Waals surface area contributed by atoms with Crippen molar-refractivity contribution in [3.63, 3.8) is 0 Å². The van der Waals surface area contributed by atoms with Gasteiger partial charge in [0, 0.05) is 25.3 Å². The van der Waals surface area contributed by atoms with Crippen molar-refractivity contribution in [2.45, 2.75) is 103 Å². The molecule has 13 heteroatoms. The number of alkyl halides is 2. The summed E-state index contributed by atoms with van der Waals surface area (Å²) in [6, 6.07) is 14.0. The molecule has 1 aliphatic carbocycles. The topological polar surface area (TPSA) is 140 Å². The molecule has 0 aliphatic heterocycles. The molecule has 5 rings (SSSR count). The van der Waals surface area contributed by atoms with Crippen LogP contribution in [0.1, 0.15) is 89.8 Å². The van der Waals surface area contributed by atoms with Gasteiger partial charge in [0.05, 0.1) is 29.6 Å². The Morgan fingerprint density at radius 2 is 1.84 bits per heavy atom. The lowest BCUT2D eigenvalue weighted by molar-refractivity contribution is -0.122. The van der Waals surface area contributed by atoms with Crippen molar-refractivity contribution < 1.29 is 36.7 Å². The number of amides is 1. The van der Waals surface area contributed by atoms with E-state index in [-0.39, 0.29) is 35.7 Å². The summed E-state index contributed by atoms with van der Waals surface area (Å²) in [7, 11) is 0. The lowest BCUT2D eigenvalue weighted by atomic mass is 9.74. The first kappa shape index (κ1) is 37.0. The maximum atomic E-state index is 16.9. The van der Waals surface area contributed by atoms with E-state index >= 15 is 8.78 Å². The van der Waals surface area contributed by atoms with Crippen molar-refractivity contribution >= 4 is 11.9 Å². The number of benzene rings is 2. The molecule has 2 aromatic heterocycles. The number of nitrogens with one attached hydrogen (secondary N) is 1. The third kappa shape index (κ3) is 8.74. The van der Waals surface area contributed by atoms with Crippen LogP contribution in [0.5, 0.6) is 5.75 Å². The molecule has 0 saturated heterocycles. The Bertz CT molecular complexity index is 1940. The van der Waals surface area contributed by atoms with E-state index < -0.39 is 59.1 Å². The Labute approximate surface area is 294 Å². The van der Waals surface area contributed by atoms with Crippen molar-refractivity contribution in [2.75, 3.05) is 0 Å². The summed E-state index contributed by atoms with van der Waals surface area (Å²) in [5.41, 5.74) is -1.82. The third-order valence-corrected chi connectivity index (χ3v) is 8.49. The number of ketones is 1. The van der Waals surface area contributed by atoms with E-state index in [1.807, 2.05) is 24.3 Å². The van der Waals surface area contributed by atoms with Gasteiger partial charge in [0.2, 0.25) is 12.2 Å². The van der Waals surface area contributed by atoms with Gasteiger partial charge in [-0.1, -0.05) is 24.3 Å². The number of fused-ring (bicyclic) bond motifs is 1. The molecular formula is C38H40F3N5O5. The molecule has 1 N–H and O–H groups in total. The highest BCUT2D eigenvalue weighted by atomic mass is 19.1. The highest BCUT2D eigenvalue weighted by molar-refractivity contribution is 5.88. The van der Waals surface area contributed by atoms with Crippen LogP contribution in [0.3, 0.4) is 0 Å². The summed E-state index contributed by atoms with van der Waals surface area (Å²) in [5.74, 6) is -1.85. The molecule has 1 aliphatic rings. The Balaban J connectivity index is 1.54. The second kappa shape index (κ2) is 14.2. The molecule has 3 unspecified atom stereocenters. The number of halogens is 3. The SMILES string of the molecule is CC(F)Oc1ccc(-c2ccc(CC3CC(=O)[C@@H](NC(=O)OC(C)(C)C)CC(C)(F)c4cc(F)c(-c5nnc(C(C)(C)C#N)o5)cc43)cc2)nc1. The number of rotatable bonds is 8. The fraction of sp³-hybridized carbons (Fsp3) is 0.421. The predicted molar refractivity (Wildman–Crippen MR) is 182 cm³/mol. The standard InChI is InChI=1S/C38H40F3N5O5/c1-21(39)49-25-12-13-30(43-19-25)23-10-8-22(9-11-23)14-24-15-32(47)31(44-35(48)51-36(2,3)4)18-38(7,41)28-17-29(40)27(16-26(24)28)33-45-46-34(50-33)37(5,6)20-42/h8-13,16-17,19,21,24,31H,14-15,18H2,1-7H3,(H,44,48)/t21?,24?,31-,38?/m0/s1. The normalized spacial score (nSPS) is 20.0. The van der Waals surface area contributed by atoms with Crippen molar-refractivity contribution in [2.24, 2.45) is 0 Å². The summed E-state index contributed by atoms with van der Waals surface area (Å²) in [4.78, 5) is 30.9. The number of carbonyl (C=O) groups excluding carboxylic acids is 2. The summed E-state index contributed by atoms with van der Waals surface area (Å²) in [6.45, 7) is 10.7. The summed E-state index contributed by atoms with van der Waals surface area (Å²) >= 11 is 0. The van der Waals surface area contributed by atoms with E-state index in [0.29, 0.717) is 17.0 Å². The summed E-state index contributed by atoms with van der Waals surface area (Å²) in [6.07, 6.45) is -1.26. The average molecular weight is 704 g/mol. The third-order valence-electron chi connectivity index (χ3n) is 8.49. The summed E-state index contributed by atoms with van der Waals surface area (Å²) in [5, 5.41) is 20.0. The maximum Gasteiger partial charge on any atom is 0.408 e. The Morgan fingerprint density at radius 1 is 1.14 bits per heavy atom. The van der Waals surface area contributed by atoms with E-state index in [2.05, 4.69) is 26.6 Å². The van der Waals surface area contributed by atoms with Gasteiger partial charge in [-0.05, 0) is 94.8 Å². The number of nitriles is 1. The molecule has 4 atom stereocenters. The maximum absolute atomic E-state index is 16.9. The monoisotopic (exact) mass is 703 g/mol. The van der Waals surface area contributed by atoms with Gasteiger partial charge in [0.1, 0.15) is 28.3 Å². The molecule has 2 aromatic carbocycles. The number of alkyl carbamates (subject to hydrolysis) is 1. The van der Waals surface area contributed by atoms with E-state index in [4.69, 9.17) is 13.9 Å². The Morgan fingerprint density at radius 3 is 2.45 bits per heavy atom. The van der Waals surface area contributed by atoms with Crippen LogP contribution in [0.15, 0.2) is 59.1 Å². The zero-order valence-corrected chi connectivity index (χ0v) is 29.5. The van der Waals surface area contributed by atoms with Gasteiger partial charge in [0.25, 0.3) is 5.89 Å². The van der Waals surface area contributed by atoms with Crippen molar-refractivity contribution in [1.29, 1.82) is 5.26 Å². The smallest absolute Gasteiger partial charge is 0.408 e.